The number of hydrogen-bond donors (Lipinski definition) is 0. The van der Waals surface area contributed by atoms with Crippen LogP contribution in [0.4, 0.5) is 0 Å². The lowest BCUT2D eigenvalue weighted by atomic mass is 10.1. The summed E-state index contributed by atoms with van der Waals surface area (Å²) < 4.78 is 10.6. The molecule has 0 aliphatic rings. The van der Waals surface area contributed by atoms with Gasteiger partial charge < -0.3 is 14.2 Å². The van der Waals surface area contributed by atoms with Gasteiger partial charge in [0, 0.05) is 7.05 Å². The Kier molecular flexibility index (Phi) is 4.56. The molecule has 0 unspecified atom stereocenters. The second kappa shape index (κ2) is 6.95. The highest BCUT2D eigenvalue weighted by atomic mass is 16.5. The number of benzene rings is 2. The van der Waals surface area contributed by atoms with Gasteiger partial charge in [0.2, 0.25) is 6.39 Å². The van der Waals surface area contributed by atoms with Crippen LogP contribution in [0.25, 0.3) is 0 Å². The summed E-state index contributed by atoms with van der Waals surface area (Å²) >= 11 is 0. The smallest absolute Gasteiger partial charge is 0.257 e. The van der Waals surface area contributed by atoms with Gasteiger partial charge >= 0.3 is 0 Å². The van der Waals surface area contributed by atoms with Crippen molar-refractivity contribution in [3.05, 3.63) is 71.9 Å². The van der Waals surface area contributed by atoms with Crippen LogP contribution in [0.15, 0.2) is 59.4 Å². The van der Waals surface area contributed by atoms with Crippen molar-refractivity contribution in [2.45, 2.75) is 13.5 Å². The molecule has 6 nitrogen and oxygen atoms in total. The zero-order valence-electron chi connectivity index (χ0n) is 13.5. The molecule has 122 valence electrons. The van der Waals surface area contributed by atoms with Crippen molar-refractivity contribution >= 4 is 5.91 Å². The van der Waals surface area contributed by atoms with Crippen LogP contribution in [-0.2, 0) is 6.54 Å². The Balaban J connectivity index is 1.81. The number of nitrogens with zero attached hydrogens (tertiary/aromatic N) is 3. The third kappa shape index (κ3) is 3.60. The predicted molar refractivity (Wildman–Crippen MR) is 87.8 cm³/mol. The van der Waals surface area contributed by atoms with Gasteiger partial charge in [-0.15, -0.1) is 0 Å². The second-order valence-corrected chi connectivity index (χ2v) is 5.42. The molecule has 1 heterocycles. The summed E-state index contributed by atoms with van der Waals surface area (Å²) in [7, 11) is 1.68. The number of ether oxygens (including phenoxy) is 1. The molecule has 0 fully saturated rings. The zero-order valence-corrected chi connectivity index (χ0v) is 13.5. The number of carbonyl (C=O) groups is 1. The quantitative estimate of drug-likeness (QED) is 0.719. The fraction of sp³-hybridized carbons (Fsp3) is 0.167. The first-order valence-electron chi connectivity index (χ1n) is 7.48. The van der Waals surface area contributed by atoms with E-state index in [4.69, 9.17) is 9.26 Å². The number of aryl methyl sites for hydroxylation is 1. The van der Waals surface area contributed by atoms with Crippen molar-refractivity contribution in [2.24, 2.45) is 0 Å². The molecule has 0 aliphatic heterocycles. The SMILES string of the molecule is Cc1cccc(Oc2ccccc2C(=O)N(C)Cc2ncon2)c1. The Labute approximate surface area is 139 Å². The van der Waals surface area contributed by atoms with Gasteiger partial charge in [-0.3, -0.25) is 4.79 Å². The molecule has 0 atom stereocenters. The van der Waals surface area contributed by atoms with Gasteiger partial charge in [-0.2, -0.15) is 4.98 Å². The molecule has 0 saturated carbocycles. The number of amides is 1. The van der Waals surface area contributed by atoms with Crippen LogP contribution in [0.1, 0.15) is 21.7 Å². The zero-order chi connectivity index (χ0) is 16.9. The van der Waals surface area contributed by atoms with Crippen LogP contribution in [0.2, 0.25) is 0 Å². The summed E-state index contributed by atoms with van der Waals surface area (Å²) in [5, 5.41) is 3.72. The van der Waals surface area contributed by atoms with Gasteiger partial charge in [-0.25, -0.2) is 0 Å². The summed E-state index contributed by atoms with van der Waals surface area (Å²) in [6, 6.07) is 14.8. The Morgan fingerprint density at radius 1 is 1.21 bits per heavy atom. The third-order valence-electron chi connectivity index (χ3n) is 3.47. The minimum absolute atomic E-state index is 0.178. The minimum Gasteiger partial charge on any atom is -0.457 e. The van der Waals surface area contributed by atoms with Crippen molar-refractivity contribution in [1.82, 2.24) is 15.0 Å². The molecule has 1 aromatic heterocycles. The monoisotopic (exact) mass is 323 g/mol. The van der Waals surface area contributed by atoms with Crippen LogP contribution in [0.3, 0.4) is 0 Å². The standard InChI is InChI=1S/C18H17N3O3/c1-13-6-5-7-14(10-13)24-16-9-4-3-8-15(16)18(22)21(2)11-17-19-12-23-20-17/h3-10,12H,11H2,1-2H3. The summed E-state index contributed by atoms with van der Waals surface area (Å²) in [5.41, 5.74) is 1.57. The van der Waals surface area contributed by atoms with Gasteiger partial charge in [0.25, 0.3) is 5.91 Å². The highest BCUT2D eigenvalue weighted by Gasteiger charge is 2.18. The summed E-state index contributed by atoms with van der Waals surface area (Å²) in [6.45, 7) is 2.25. The van der Waals surface area contributed by atoms with E-state index in [9.17, 15) is 4.79 Å². The lowest BCUT2D eigenvalue weighted by Crippen LogP contribution is -2.27. The van der Waals surface area contributed by atoms with Gasteiger partial charge in [-0.1, -0.05) is 29.4 Å². The molecule has 0 saturated heterocycles. The lowest BCUT2D eigenvalue weighted by Gasteiger charge is -2.17. The fourth-order valence-electron chi connectivity index (χ4n) is 2.29. The Morgan fingerprint density at radius 2 is 2.04 bits per heavy atom. The molecule has 0 spiro atoms. The fourth-order valence-corrected chi connectivity index (χ4v) is 2.29. The molecule has 0 N–H and O–H groups in total. The summed E-state index contributed by atoms with van der Waals surface area (Å²) in [4.78, 5) is 18.2. The van der Waals surface area contributed by atoms with Gasteiger partial charge in [0.15, 0.2) is 5.82 Å². The van der Waals surface area contributed by atoms with Gasteiger partial charge in [0.1, 0.15) is 11.5 Å². The molecule has 0 bridgehead atoms. The average molecular weight is 323 g/mol. The van der Waals surface area contributed by atoms with E-state index < -0.39 is 0 Å². The van der Waals surface area contributed by atoms with E-state index in [1.807, 2.05) is 37.3 Å². The van der Waals surface area contributed by atoms with E-state index in [1.54, 1.807) is 25.2 Å². The van der Waals surface area contributed by atoms with Crippen molar-refractivity contribution in [1.29, 1.82) is 0 Å². The molecule has 2 aromatic carbocycles. The van der Waals surface area contributed by atoms with E-state index in [0.717, 1.165) is 5.56 Å². The molecule has 1 amide bonds. The largest absolute Gasteiger partial charge is 0.457 e. The topological polar surface area (TPSA) is 68.5 Å². The number of hydrogen-bond acceptors (Lipinski definition) is 5. The van der Waals surface area contributed by atoms with Gasteiger partial charge in [-0.05, 0) is 36.8 Å². The van der Waals surface area contributed by atoms with E-state index >= 15 is 0 Å². The first-order chi connectivity index (χ1) is 11.6. The van der Waals surface area contributed by atoms with Crippen LogP contribution < -0.4 is 4.74 Å². The first-order valence-corrected chi connectivity index (χ1v) is 7.48. The molecule has 24 heavy (non-hydrogen) atoms. The molecule has 3 rings (SSSR count). The Morgan fingerprint density at radius 3 is 2.79 bits per heavy atom. The minimum atomic E-state index is -0.178. The first kappa shape index (κ1) is 15.7. The maximum Gasteiger partial charge on any atom is 0.257 e. The van der Waals surface area contributed by atoms with E-state index in [1.165, 1.54) is 11.3 Å². The highest BCUT2D eigenvalue weighted by molar-refractivity contribution is 5.96. The number of rotatable bonds is 5. The molecule has 0 radical (unpaired) electrons. The van der Waals surface area contributed by atoms with Crippen molar-refractivity contribution in [3.63, 3.8) is 0 Å². The van der Waals surface area contributed by atoms with Crippen LogP contribution in [-0.4, -0.2) is 28.0 Å². The van der Waals surface area contributed by atoms with Gasteiger partial charge in [0.05, 0.1) is 12.1 Å². The second-order valence-electron chi connectivity index (χ2n) is 5.42. The Bertz CT molecular complexity index is 831. The normalized spacial score (nSPS) is 10.4. The highest BCUT2D eigenvalue weighted by Crippen LogP contribution is 2.26. The maximum absolute atomic E-state index is 12.7. The molecule has 0 aliphatic carbocycles. The van der Waals surface area contributed by atoms with E-state index in [2.05, 4.69) is 10.1 Å². The summed E-state index contributed by atoms with van der Waals surface area (Å²) in [5.74, 6) is 1.47. The molecular weight excluding hydrogens is 306 g/mol. The molecule has 3 aromatic rings. The summed E-state index contributed by atoms with van der Waals surface area (Å²) in [6.07, 6.45) is 1.24. The average Bonchev–Trinajstić information content (AvgIpc) is 3.08. The molecular formula is C18H17N3O3. The number of para-hydroxylation sites is 1. The van der Waals surface area contributed by atoms with Crippen molar-refractivity contribution in [2.75, 3.05) is 7.05 Å². The van der Waals surface area contributed by atoms with Crippen molar-refractivity contribution < 1.29 is 14.1 Å². The lowest BCUT2D eigenvalue weighted by molar-refractivity contribution is 0.0778. The Hall–Kier alpha value is -3.15. The van der Waals surface area contributed by atoms with Crippen LogP contribution in [0.5, 0.6) is 11.5 Å². The predicted octanol–water partition coefficient (Wildman–Crippen LogP) is 3.44. The number of aromatic nitrogens is 2. The number of carbonyl (C=O) groups excluding carboxylic acids is 1. The van der Waals surface area contributed by atoms with E-state index in [0.29, 0.717) is 22.9 Å². The van der Waals surface area contributed by atoms with Crippen molar-refractivity contribution in [3.8, 4) is 11.5 Å². The maximum atomic E-state index is 12.7. The molecule has 6 heteroatoms. The van der Waals surface area contributed by atoms with E-state index in [-0.39, 0.29) is 12.5 Å². The van der Waals surface area contributed by atoms with Crippen LogP contribution in [0, 0.1) is 6.92 Å². The third-order valence-corrected chi connectivity index (χ3v) is 3.47. The van der Waals surface area contributed by atoms with Crippen LogP contribution >= 0.6 is 0 Å².